The van der Waals surface area contributed by atoms with Crippen LogP contribution in [0.3, 0.4) is 0 Å². The van der Waals surface area contributed by atoms with Crippen molar-refractivity contribution in [3.8, 4) is 11.5 Å². The van der Waals surface area contributed by atoms with Crippen molar-refractivity contribution in [1.82, 2.24) is 10.4 Å². The zero-order valence-corrected chi connectivity index (χ0v) is 18.1. The zero-order valence-electron chi connectivity index (χ0n) is 18.1. The molecule has 172 valence electrons. The number of nitrogens with one attached hydrogen (secondary N) is 1. The standard InChI is InChI=1S/C26H21FN2O5/c27-21-6-1-16(2-7-21)11-22(18-5-8-23-24(13-18)34-15-33-23)26(31)29-10-9-17-3-4-19(25(30)28-32)12-20(17)14-29/h1-8,11-13,32H,9-10,14-15H2,(H,28,30)/b22-11-. The van der Waals surface area contributed by atoms with Crippen molar-refractivity contribution in [2.24, 2.45) is 0 Å². The second-order valence-electron chi connectivity index (χ2n) is 8.08. The van der Waals surface area contributed by atoms with Crippen molar-refractivity contribution in [3.05, 3.63) is 94.3 Å². The number of amides is 2. The van der Waals surface area contributed by atoms with Crippen LogP contribution in [-0.2, 0) is 17.8 Å². The fourth-order valence-electron chi connectivity index (χ4n) is 4.16. The van der Waals surface area contributed by atoms with Crippen molar-refractivity contribution in [2.45, 2.75) is 13.0 Å². The first-order chi connectivity index (χ1) is 16.5. The van der Waals surface area contributed by atoms with Crippen LogP contribution in [0, 0.1) is 5.82 Å². The maximum Gasteiger partial charge on any atom is 0.274 e. The molecule has 2 aliphatic rings. The maximum atomic E-state index is 13.7. The van der Waals surface area contributed by atoms with Gasteiger partial charge >= 0.3 is 0 Å². The highest BCUT2D eigenvalue weighted by Gasteiger charge is 2.26. The minimum absolute atomic E-state index is 0.121. The highest BCUT2D eigenvalue weighted by atomic mass is 19.1. The summed E-state index contributed by atoms with van der Waals surface area (Å²) in [5.74, 6) is -0.00399. The predicted molar refractivity (Wildman–Crippen MR) is 122 cm³/mol. The van der Waals surface area contributed by atoms with Crippen LogP contribution in [0.15, 0.2) is 60.7 Å². The van der Waals surface area contributed by atoms with Crippen LogP contribution in [-0.4, -0.2) is 35.3 Å². The van der Waals surface area contributed by atoms with Crippen molar-refractivity contribution in [2.75, 3.05) is 13.3 Å². The van der Waals surface area contributed by atoms with E-state index in [1.54, 1.807) is 58.9 Å². The molecule has 2 amide bonds. The van der Waals surface area contributed by atoms with Gasteiger partial charge in [-0.3, -0.25) is 14.8 Å². The summed E-state index contributed by atoms with van der Waals surface area (Å²) >= 11 is 0. The molecule has 2 N–H and O–H groups in total. The number of ether oxygens (including phenoxy) is 2. The van der Waals surface area contributed by atoms with Crippen molar-refractivity contribution < 1.29 is 28.7 Å². The fraction of sp³-hybridized carbons (Fsp3) is 0.154. The highest BCUT2D eigenvalue weighted by Crippen LogP contribution is 2.36. The lowest BCUT2D eigenvalue weighted by molar-refractivity contribution is -0.125. The molecule has 3 aromatic carbocycles. The van der Waals surface area contributed by atoms with Gasteiger partial charge in [0.15, 0.2) is 11.5 Å². The first-order valence-corrected chi connectivity index (χ1v) is 10.7. The van der Waals surface area contributed by atoms with Crippen LogP contribution >= 0.6 is 0 Å². The number of benzene rings is 3. The van der Waals surface area contributed by atoms with E-state index in [4.69, 9.17) is 14.7 Å². The van der Waals surface area contributed by atoms with Gasteiger partial charge in [0.25, 0.3) is 11.8 Å². The summed E-state index contributed by atoms with van der Waals surface area (Å²) in [5, 5.41) is 8.94. The lowest BCUT2D eigenvalue weighted by Crippen LogP contribution is -2.36. The van der Waals surface area contributed by atoms with Gasteiger partial charge < -0.3 is 14.4 Å². The molecule has 0 aromatic heterocycles. The monoisotopic (exact) mass is 460 g/mol. The topological polar surface area (TPSA) is 88.1 Å². The molecule has 0 spiro atoms. The summed E-state index contributed by atoms with van der Waals surface area (Å²) in [6.45, 7) is 0.936. The molecule has 7 nitrogen and oxygen atoms in total. The lowest BCUT2D eigenvalue weighted by Gasteiger charge is -2.30. The summed E-state index contributed by atoms with van der Waals surface area (Å²) in [6, 6.07) is 16.4. The van der Waals surface area contributed by atoms with Gasteiger partial charge in [-0.2, -0.15) is 0 Å². The van der Waals surface area contributed by atoms with E-state index in [9.17, 15) is 14.0 Å². The Kier molecular flexibility index (Phi) is 5.73. The van der Waals surface area contributed by atoms with Crippen LogP contribution in [0.1, 0.15) is 32.6 Å². The van der Waals surface area contributed by atoms with Crippen LogP contribution in [0.4, 0.5) is 4.39 Å². The van der Waals surface area contributed by atoms with Gasteiger partial charge in [-0.25, -0.2) is 9.87 Å². The molecule has 0 unspecified atom stereocenters. The molecule has 0 aliphatic carbocycles. The third-order valence-corrected chi connectivity index (χ3v) is 5.96. The van der Waals surface area contributed by atoms with Gasteiger partial charge in [-0.05, 0) is 71.1 Å². The Hall–Kier alpha value is -4.17. The van der Waals surface area contributed by atoms with Gasteiger partial charge in [0.1, 0.15) is 5.82 Å². The Morgan fingerprint density at radius 3 is 2.50 bits per heavy atom. The lowest BCUT2D eigenvalue weighted by atomic mass is 9.95. The largest absolute Gasteiger partial charge is 0.454 e. The number of nitrogens with zero attached hydrogens (tertiary/aromatic N) is 1. The van der Waals surface area contributed by atoms with Gasteiger partial charge in [0.05, 0.1) is 0 Å². The number of hydroxylamine groups is 1. The third kappa shape index (κ3) is 4.23. The number of carbonyl (C=O) groups excluding carboxylic acids is 2. The summed E-state index contributed by atoms with van der Waals surface area (Å²) in [5.41, 5.74) is 5.60. The van der Waals surface area contributed by atoms with Crippen LogP contribution in [0.2, 0.25) is 0 Å². The fourth-order valence-corrected chi connectivity index (χ4v) is 4.16. The minimum Gasteiger partial charge on any atom is -0.454 e. The van der Waals surface area contributed by atoms with Crippen molar-refractivity contribution in [1.29, 1.82) is 0 Å². The average molecular weight is 460 g/mol. The molecule has 0 radical (unpaired) electrons. The smallest absolute Gasteiger partial charge is 0.274 e. The molecule has 5 rings (SSSR count). The summed E-state index contributed by atoms with van der Waals surface area (Å²) in [6.07, 6.45) is 2.36. The van der Waals surface area contributed by atoms with Crippen molar-refractivity contribution in [3.63, 3.8) is 0 Å². The van der Waals surface area contributed by atoms with Gasteiger partial charge in [-0.1, -0.05) is 24.3 Å². The van der Waals surface area contributed by atoms with E-state index in [0.717, 1.165) is 11.1 Å². The van der Waals surface area contributed by atoms with Gasteiger partial charge in [0, 0.05) is 24.2 Å². The number of halogens is 1. The van der Waals surface area contributed by atoms with E-state index in [-0.39, 0.29) is 18.5 Å². The second-order valence-corrected chi connectivity index (χ2v) is 8.08. The third-order valence-electron chi connectivity index (χ3n) is 5.96. The SMILES string of the molecule is O=C(NO)c1ccc2c(c1)CN(C(=O)/C(=C\c1ccc(F)cc1)c1ccc3c(c1)OCO3)CC2. The maximum absolute atomic E-state index is 13.7. The summed E-state index contributed by atoms with van der Waals surface area (Å²) in [7, 11) is 0. The van der Waals surface area contributed by atoms with Crippen LogP contribution < -0.4 is 15.0 Å². The van der Waals surface area contributed by atoms with Crippen LogP contribution in [0.25, 0.3) is 11.6 Å². The number of hydrogen-bond donors (Lipinski definition) is 2. The predicted octanol–water partition coefficient (Wildman–Crippen LogP) is 3.80. The van der Waals surface area contributed by atoms with Gasteiger partial charge in [0.2, 0.25) is 6.79 Å². The first kappa shape index (κ1) is 21.7. The summed E-state index contributed by atoms with van der Waals surface area (Å²) in [4.78, 5) is 27.3. The minimum atomic E-state index is -0.608. The number of fused-ring (bicyclic) bond motifs is 2. The van der Waals surface area contributed by atoms with E-state index >= 15 is 0 Å². The Balaban J connectivity index is 1.50. The Labute approximate surface area is 195 Å². The number of hydrogen-bond acceptors (Lipinski definition) is 5. The number of rotatable bonds is 4. The summed E-state index contributed by atoms with van der Waals surface area (Å²) < 4.78 is 24.3. The molecule has 2 heterocycles. The molecular formula is C26H21FN2O5. The first-order valence-electron chi connectivity index (χ1n) is 10.7. The second kappa shape index (κ2) is 8.99. The average Bonchev–Trinajstić information content (AvgIpc) is 3.35. The van der Waals surface area contributed by atoms with E-state index < -0.39 is 5.91 Å². The molecule has 0 bridgehead atoms. The highest BCUT2D eigenvalue weighted by molar-refractivity contribution is 6.24. The van der Waals surface area contributed by atoms with Crippen LogP contribution in [0.5, 0.6) is 11.5 Å². The number of carbonyl (C=O) groups is 2. The normalized spacial score (nSPS) is 14.5. The molecule has 3 aromatic rings. The molecule has 0 atom stereocenters. The Morgan fingerprint density at radius 1 is 0.941 bits per heavy atom. The quantitative estimate of drug-likeness (QED) is 0.268. The molecule has 34 heavy (non-hydrogen) atoms. The molecule has 0 saturated heterocycles. The Morgan fingerprint density at radius 2 is 1.71 bits per heavy atom. The Bertz CT molecular complexity index is 1300. The molecular weight excluding hydrogens is 439 g/mol. The van der Waals surface area contributed by atoms with E-state index in [0.29, 0.717) is 53.3 Å². The molecule has 8 heteroatoms. The van der Waals surface area contributed by atoms with E-state index in [1.165, 1.54) is 12.1 Å². The van der Waals surface area contributed by atoms with E-state index in [2.05, 4.69) is 0 Å². The molecule has 2 aliphatic heterocycles. The molecule has 0 saturated carbocycles. The molecule has 0 fully saturated rings. The van der Waals surface area contributed by atoms with Crippen molar-refractivity contribution >= 4 is 23.5 Å². The van der Waals surface area contributed by atoms with E-state index in [1.807, 2.05) is 6.07 Å². The van der Waals surface area contributed by atoms with Gasteiger partial charge in [-0.15, -0.1) is 0 Å². The zero-order chi connectivity index (χ0) is 23.7.